The molecule has 0 radical (unpaired) electrons. The predicted molar refractivity (Wildman–Crippen MR) is 59.4 cm³/mol. The second-order valence-corrected chi connectivity index (χ2v) is 3.25. The van der Waals surface area contributed by atoms with Gasteiger partial charge < -0.3 is 9.84 Å². The van der Waals surface area contributed by atoms with Crippen LogP contribution in [-0.2, 0) is 0 Å². The molecule has 0 aliphatic heterocycles. The zero-order chi connectivity index (χ0) is 12.0. The number of nitrogens with zero attached hydrogens (tertiary/aromatic N) is 1. The van der Waals surface area contributed by atoms with E-state index in [2.05, 4.69) is 0 Å². The Balaban J connectivity index is 2.74. The van der Waals surface area contributed by atoms with Crippen LogP contribution in [0.2, 0.25) is 0 Å². The lowest BCUT2D eigenvalue weighted by molar-refractivity contribution is -0.385. The molecule has 0 bridgehead atoms. The Kier molecular flexibility index (Phi) is 4.47. The van der Waals surface area contributed by atoms with Gasteiger partial charge in [-0.3, -0.25) is 10.1 Å². The molecule has 0 aliphatic carbocycles. The third-order valence-electron chi connectivity index (χ3n) is 1.96. The van der Waals surface area contributed by atoms with Crippen LogP contribution in [0.4, 0.5) is 5.69 Å². The molecule has 16 heavy (non-hydrogen) atoms. The molecule has 1 N–H and O–H groups in total. The summed E-state index contributed by atoms with van der Waals surface area (Å²) in [7, 11) is 0. The van der Waals surface area contributed by atoms with Crippen molar-refractivity contribution in [2.45, 2.75) is 6.92 Å². The van der Waals surface area contributed by atoms with Crippen LogP contribution in [0.25, 0.3) is 0 Å². The Bertz CT molecular complexity index is 401. The van der Waals surface area contributed by atoms with Crippen LogP contribution in [-0.4, -0.2) is 23.2 Å². The van der Waals surface area contributed by atoms with Crippen LogP contribution < -0.4 is 4.74 Å². The number of ether oxygens (including phenoxy) is 1. The zero-order valence-electron chi connectivity index (χ0n) is 8.92. The monoisotopic (exact) mass is 223 g/mol. The van der Waals surface area contributed by atoms with Gasteiger partial charge in [-0.05, 0) is 18.6 Å². The minimum Gasteiger partial charge on any atom is -0.482 e. The van der Waals surface area contributed by atoms with E-state index in [0.717, 1.165) is 5.57 Å². The van der Waals surface area contributed by atoms with E-state index in [1.165, 1.54) is 6.07 Å². The Morgan fingerprint density at radius 2 is 2.25 bits per heavy atom. The highest BCUT2D eigenvalue weighted by atomic mass is 16.6. The summed E-state index contributed by atoms with van der Waals surface area (Å²) in [5.74, 6) is 0.234. The third kappa shape index (κ3) is 3.36. The summed E-state index contributed by atoms with van der Waals surface area (Å²) < 4.78 is 5.29. The number of nitro benzene ring substituents is 1. The molecular weight excluding hydrogens is 210 g/mol. The highest BCUT2D eigenvalue weighted by Crippen LogP contribution is 2.25. The molecule has 0 saturated carbocycles. The normalized spacial score (nSPS) is 11.2. The lowest BCUT2D eigenvalue weighted by Crippen LogP contribution is -2.02. The van der Waals surface area contributed by atoms with Gasteiger partial charge in [0.05, 0.1) is 11.5 Å². The Morgan fingerprint density at radius 1 is 1.56 bits per heavy atom. The molecule has 0 aromatic heterocycles. The Labute approximate surface area is 93.1 Å². The van der Waals surface area contributed by atoms with Crippen LogP contribution in [0.5, 0.6) is 5.75 Å². The molecule has 0 unspecified atom stereocenters. The van der Waals surface area contributed by atoms with Gasteiger partial charge in [0.1, 0.15) is 6.61 Å². The van der Waals surface area contributed by atoms with Gasteiger partial charge in [-0.1, -0.05) is 18.2 Å². The third-order valence-corrected chi connectivity index (χ3v) is 1.96. The molecule has 1 rings (SSSR count). The summed E-state index contributed by atoms with van der Waals surface area (Å²) in [6, 6.07) is 6.19. The molecule has 0 fully saturated rings. The standard InChI is InChI=1S/C11H13NO4/c1-9(6-7-13)8-16-11-5-3-2-4-10(11)12(14)15/h2-6,13H,7-8H2,1H3. The molecule has 86 valence electrons. The smallest absolute Gasteiger partial charge is 0.310 e. The predicted octanol–water partition coefficient (Wildman–Crippen LogP) is 1.91. The maximum absolute atomic E-state index is 10.7. The van der Waals surface area contributed by atoms with Crippen molar-refractivity contribution in [1.29, 1.82) is 0 Å². The molecule has 0 atom stereocenters. The van der Waals surface area contributed by atoms with Crippen molar-refractivity contribution in [2.24, 2.45) is 0 Å². The number of para-hydroxylation sites is 2. The number of aliphatic hydroxyl groups is 1. The van der Waals surface area contributed by atoms with Crippen molar-refractivity contribution in [2.75, 3.05) is 13.2 Å². The van der Waals surface area contributed by atoms with Gasteiger partial charge in [0.2, 0.25) is 0 Å². The highest BCUT2D eigenvalue weighted by Gasteiger charge is 2.13. The number of aliphatic hydroxyl groups excluding tert-OH is 1. The van der Waals surface area contributed by atoms with Crippen molar-refractivity contribution in [1.82, 2.24) is 0 Å². The molecule has 5 heteroatoms. The molecule has 0 spiro atoms. The Hall–Kier alpha value is -1.88. The zero-order valence-corrected chi connectivity index (χ0v) is 8.92. The van der Waals surface area contributed by atoms with Gasteiger partial charge in [-0.15, -0.1) is 0 Å². The fourth-order valence-corrected chi connectivity index (χ4v) is 1.14. The van der Waals surface area contributed by atoms with E-state index in [-0.39, 0.29) is 24.7 Å². The van der Waals surface area contributed by atoms with Crippen molar-refractivity contribution >= 4 is 5.69 Å². The van der Waals surface area contributed by atoms with Crippen molar-refractivity contribution in [3.8, 4) is 5.75 Å². The molecule has 0 amide bonds. The van der Waals surface area contributed by atoms with Crippen LogP contribution in [0.1, 0.15) is 6.92 Å². The largest absolute Gasteiger partial charge is 0.482 e. The summed E-state index contributed by atoms with van der Waals surface area (Å²) in [5, 5.41) is 19.3. The molecule has 1 aromatic carbocycles. The minimum absolute atomic E-state index is 0.0562. The molecule has 0 saturated heterocycles. The van der Waals surface area contributed by atoms with E-state index in [1.807, 2.05) is 0 Å². The van der Waals surface area contributed by atoms with Crippen molar-refractivity contribution in [3.63, 3.8) is 0 Å². The van der Waals surface area contributed by atoms with E-state index in [9.17, 15) is 10.1 Å². The fourth-order valence-electron chi connectivity index (χ4n) is 1.14. The van der Waals surface area contributed by atoms with Crippen molar-refractivity contribution in [3.05, 3.63) is 46.0 Å². The second kappa shape index (κ2) is 5.87. The van der Waals surface area contributed by atoms with Gasteiger partial charge in [0.25, 0.3) is 0 Å². The lowest BCUT2D eigenvalue weighted by atomic mass is 10.3. The lowest BCUT2D eigenvalue weighted by Gasteiger charge is -2.06. The van der Waals surface area contributed by atoms with Gasteiger partial charge in [-0.25, -0.2) is 0 Å². The van der Waals surface area contributed by atoms with E-state index in [4.69, 9.17) is 9.84 Å². The highest BCUT2D eigenvalue weighted by molar-refractivity contribution is 5.45. The summed E-state index contributed by atoms with van der Waals surface area (Å²) >= 11 is 0. The maximum atomic E-state index is 10.7. The summed E-state index contributed by atoms with van der Waals surface area (Å²) in [5.41, 5.74) is 0.764. The average molecular weight is 223 g/mol. The fraction of sp³-hybridized carbons (Fsp3) is 0.273. The van der Waals surface area contributed by atoms with E-state index >= 15 is 0 Å². The van der Waals surface area contributed by atoms with E-state index in [0.29, 0.717) is 0 Å². The van der Waals surface area contributed by atoms with Crippen LogP contribution >= 0.6 is 0 Å². The van der Waals surface area contributed by atoms with Crippen molar-refractivity contribution < 1.29 is 14.8 Å². The number of benzene rings is 1. The van der Waals surface area contributed by atoms with E-state index in [1.54, 1.807) is 31.2 Å². The van der Waals surface area contributed by atoms with Crippen LogP contribution in [0.3, 0.4) is 0 Å². The topological polar surface area (TPSA) is 72.6 Å². The summed E-state index contributed by atoms with van der Waals surface area (Å²) in [4.78, 5) is 10.2. The van der Waals surface area contributed by atoms with Crippen LogP contribution in [0.15, 0.2) is 35.9 Å². The first-order chi connectivity index (χ1) is 7.65. The average Bonchev–Trinajstić information content (AvgIpc) is 2.27. The number of hydrogen-bond acceptors (Lipinski definition) is 4. The molecule has 5 nitrogen and oxygen atoms in total. The quantitative estimate of drug-likeness (QED) is 0.470. The van der Waals surface area contributed by atoms with Gasteiger partial charge in [0.15, 0.2) is 5.75 Å². The first-order valence-corrected chi connectivity index (χ1v) is 4.78. The maximum Gasteiger partial charge on any atom is 0.310 e. The molecule has 0 aliphatic rings. The SMILES string of the molecule is CC(=CCO)COc1ccccc1[N+](=O)[O-]. The number of hydrogen-bond donors (Lipinski definition) is 1. The molecule has 0 heterocycles. The first-order valence-electron chi connectivity index (χ1n) is 4.78. The minimum atomic E-state index is -0.486. The number of nitro groups is 1. The van der Waals surface area contributed by atoms with Gasteiger partial charge in [-0.2, -0.15) is 0 Å². The Morgan fingerprint density at radius 3 is 2.88 bits per heavy atom. The number of rotatable bonds is 5. The molecule has 1 aromatic rings. The van der Waals surface area contributed by atoms with Gasteiger partial charge in [0, 0.05) is 6.07 Å². The summed E-state index contributed by atoms with van der Waals surface area (Å²) in [6.45, 7) is 1.95. The van der Waals surface area contributed by atoms with Gasteiger partial charge >= 0.3 is 5.69 Å². The first kappa shape index (κ1) is 12.2. The molecular formula is C11H13NO4. The van der Waals surface area contributed by atoms with E-state index < -0.39 is 4.92 Å². The second-order valence-electron chi connectivity index (χ2n) is 3.25. The summed E-state index contributed by atoms with van der Waals surface area (Å²) in [6.07, 6.45) is 1.59. The van der Waals surface area contributed by atoms with Crippen LogP contribution in [0, 0.1) is 10.1 Å².